The lowest BCUT2D eigenvalue weighted by Gasteiger charge is -2.18. The fourth-order valence-electron chi connectivity index (χ4n) is 5.40. The number of para-hydroxylation sites is 1. The number of hydrogen-bond acceptors (Lipinski definition) is 7. The number of rotatable bonds is 9. The zero-order valence-electron chi connectivity index (χ0n) is 25.2. The highest BCUT2D eigenvalue weighted by Gasteiger charge is 2.32. The van der Waals surface area contributed by atoms with E-state index in [1.165, 1.54) is 35.0 Å². The third-order valence-corrected chi connectivity index (χ3v) is 7.71. The first-order chi connectivity index (χ1) is 22.6. The van der Waals surface area contributed by atoms with E-state index in [-0.39, 0.29) is 46.3 Å². The quantitative estimate of drug-likeness (QED) is 0.187. The van der Waals surface area contributed by atoms with Crippen molar-refractivity contribution in [2.75, 3.05) is 5.32 Å². The maximum absolute atomic E-state index is 15.7. The number of carboxylic acid groups (broad SMARTS) is 1. The number of amides is 2. The van der Waals surface area contributed by atoms with E-state index >= 15 is 4.39 Å². The highest BCUT2D eigenvalue weighted by atomic mass is 19.1. The Morgan fingerprint density at radius 2 is 1.79 bits per heavy atom. The third kappa shape index (κ3) is 6.20. The number of aromatic nitrogens is 3. The highest BCUT2D eigenvalue weighted by Crippen LogP contribution is 2.30. The summed E-state index contributed by atoms with van der Waals surface area (Å²) in [6, 6.07) is 18.2. The van der Waals surface area contributed by atoms with Crippen molar-refractivity contribution in [2.45, 2.75) is 32.6 Å². The van der Waals surface area contributed by atoms with Crippen molar-refractivity contribution in [3.63, 3.8) is 0 Å². The van der Waals surface area contributed by atoms with Crippen LogP contribution in [0.1, 0.15) is 40.9 Å². The first kappa shape index (κ1) is 31.2. The molecule has 4 N–H and O–H groups in total. The molecular formula is C34H29F2N7O4. The molecule has 13 heteroatoms. The van der Waals surface area contributed by atoms with Gasteiger partial charge in [-0.15, -0.1) is 0 Å². The molecule has 0 fully saturated rings. The summed E-state index contributed by atoms with van der Waals surface area (Å²) >= 11 is 0. The number of aliphatic imine (C=N–C) groups is 1. The zero-order valence-corrected chi connectivity index (χ0v) is 25.2. The fraction of sp³-hybridized carbons (Fsp3) is 0.176. The van der Waals surface area contributed by atoms with Gasteiger partial charge in [-0.1, -0.05) is 62.4 Å². The Hall–Kier alpha value is -5.82. The van der Waals surface area contributed by atoms with Gasteiger partial charge in [0.2, 0.25) is 6.17 Å². The molecule has 0 saturated carbocycles. The number of anilines is 1. The molecule has 2 amide bonds. The van der Waals surface area contributed by atoms with Crippen LogP contribution in [0.2, 0.25) is 0 Å². The van der Waals surface area contributed by atoms with E-state index < -0.39 is 41.6 Å². The van der Waals surface area contributed by atoms with Gasteiger partial charge < -0.3 is 21.1 Å². The standard InChI is InChI=1S/C34H29F2N7O4/c1-18(2)26(34(46)47)38-17-19-12-13-21(24(36)16-19)29-25(31-37-14-7-15-43(31)42-29)32(44)41-30-33(45)40-28-22(10-6-11-23(28)35)27(39-30)20-8-4-3-5-9-20/h3-16,18,26,30,38H,17H2,1-2H3,(H,40,45)(H,41,44)(H,46,47)/t26-,30+/m0/s1. The summed E-state index contributed by atoms with van der Waals surface area (Å²) in [6.45, 7) is 3.63. The van der Waals surface area contributed by atoms with Crippen molar-refractivity contribution in [3.8, 4) is 11.3 Å². The maximum Gasteiger partial charge on any atom is 0.320 e. The van der Waals surface area contributed by atoms with E-state index in [1.54, 1.807) is 68.6 Å². The number of halogens is 2. The topological polar surface area (TPSA) is 150 Å². The Labute approximate surface area is 267 Å². The molecule has 6 rings (SSSR count). The number of benzodiazepines with no additional fused rings is 1. The van der Waals surface area contributed by atoms with Crippen molar-refractivity contribution in [1.82, 2.24) is 25.2 Å². The summed E-state index contributed by atoms with van der Waals surface area (Å²) in [5.74, 6) is -4.19. The van der Waals surface area contributed by atoms with Gasteiger partial charge in [-0.25, -0.2) is 23.3 Å². The maximum atomic E-state index is 15.7. The Morgan fingerprint density at radius 1 is 1.00 bits per heavy atom. The number of aliphatic carboxylic acids is 1. The summed E-state index contributed by atoms with van der Waals surface area (Å²) in [4.78, 5) is 47.8. The Morgan fingerprint density at radius 3 is 2.51 bits per heavy atom. The average Bonchev–Trinajstić information content (AvgIpc) is 3.37. The van der Waals surface area contributed by atoms with Crippen LogP contribution < -0.4 is 16.0 Å². The minimum atomic E-state index is -1.50. The van der Waals surface area contributed by atoms with E-state index in [0.29, 0.717) is 16.7 Å². The number of fused-ring (bicyclic) bond motifs is 2. The van der Waals surface area contributed by atoms with Gasteiger partial charge in [0.25, 0.3) is 11.8 Å². The van der Waals surface area contributed by atoms with Gasteiger partial charge in [-0.3, -0.25) is 14.4 Å². The lowest BCUT2D eigenvalue weighted by Crippen LogP contribution is -2.42. The average molecular weight is 638 g/mol. The summed E-state index contributed by atoms with van der Waals surface area (Å²) in [5.41, 5.74) is 1.54. The molecule has 0 saturated heterocycles. The van der Waals surface area contributed by atoms with Crippen molar-refractivity contribution in [1.29, 1.82) is 0 Å². The summed E-state index contributed by atoms with van der Waals surface area (Å²) in [6.07, 6.45) is 1.48. The van der Waals surface area contributed by atoms with Crippen LogP contribution in [0.15, 0.2) is 90.2 Å². The van der Waals surface area contributed by atoms with Gasteiger partial charge in [0.15, 0.2) is 5.65 Å². The molecule has 0 spiro atoms. The second-order valence-corrected chi connectivity index (χ2v) is 11.2. The number of hydrogen-bond donors (Lipinski definition) is 4. The lowest BCUT2D eigenvalue weighted by atomic mass is 10.0. The molecule has 238 valence electrons. The molecular weight excluding hydrogens is 608 g/mol. The first-order valence-corrected chi connectivity index (χ1v) is 14.7. The monoisotopic (exact) mass is 637 g/mol. The van der Waals surface area contributed by atoms with Crippen LogP contribution in [0.4, 0.5) is 14.5 Å². The molecule has 0 bridgehead atoms. The van der Waals surface area contributed by atoms with Gasteiger partial charge in [0, 0.05) is 35.6 Å². The summed E-state index contributed by atoms with van der Waals surface area (Å²) < 4.78 is 31.9. The minimum absolute atomic E-state index is 0.0173. The second kappa shape index (κ2) is 12.9. The fourth-order valence-corrected chi connectivity index (χ4v) is 5.40. The number of benzene rings is 3. The van der Waals surface area contributed by atoms with Gasteiger partial charge >= 0.3 is 5.97 Å². The van der Waals surface area contributed by atoms with Gasteiger partial charge in [0.05, 0.1) is 11.4 Å². The van der Waals surface area contributed by atoms with Crippen molar-refractivity contribution < 1.29 is 28.3 Å². The second-order valence-electron chi connectivity index (χ2n) is 11.2. The molecule has 0 unspecified atom stereocenters. The number of nitrogens with one attached hydrogen (secondary N) is 3. The van der Waals surface area contributed by atoms with E-state index in [1.807, 2.05) is 0 Å². The van der Waals surface area contributed by atoms with Crippen molar-refractivity contribution in [2.24, 2.45) is 10.9 Å². The minimum Gasteiger partial charge on any atom is -0.480 e. The third-order valence-electron chi connectivity index (χ3n) is 7.71. The Balaban J connectivity index is 1.36. The predicted octanol–water partition coefficient (Wildman–Crippen LogP) is 4.42. The van der Waals surface area contributed by atoms with Gasteiger partial charge in [-0.2, -0.15) is 5.10 Å². The van der Waals surface area contributed by atoms with E-state index in [9.17, 15) is 23.9 Å². The molecule has 3 heterocycles. The lowest BCUT2D eigenvalue weighted by molar-refractivity contribution is -0.140. The van der Waals surface area contributed by atoms with E-state index in [2.05, 4.69) is 31.0 Å². The Kier molecular flexibility index (Phi) is 8.55. The van der Waals surface area contributed by atoms with E-state index in [4.69, 9.17) is 0 Å². The van der Waals surface area contributed by atoms with Crippen LogP contribution in [0.5, 0.6) is 0 Å². The molecule has 47 heavy (non-hydrogen) atoms. The van der Waals surface area contributed by atoms with Gasteiger partial charge in [0.1, 0.15) is 28.9 Å². The van der Waals surface area contributed by atoms with Crippen LogP contribution in [0, 0.1) is 17.6 Å². The van der Waals surface area contributed by atoms with Crippen molar-refractivity contribution in [3.05, 3.63) is 119 Å². The van der Waals surface area contributed by atoms with Crippen LogP contribution in [0.3, 0.4) is 0 Å². The normalized spacial score (nSPS) is 15.0. The first-order valence-electron chi connectivity index (χ1n) is 14.7. The molecule has 1 aliphatic heterocycles. The highest BCUT2D eigenvalue weighted by molar-refractivity contribution is 6.20. The SMILES string of the molecule is CC(C)[C@H](NCc1ccc(-c2nn3cccnc3c2C(=O)N[C@H]2N=C(c3ccccc3)c3cccc(F)c3NC2=O)c(F)c1)C(=O)O. The molecule has 2 aromatic heterocycles. The van der Waals surface area contributed by atoms with Crippen LogP contribution in [-0.4, -0.2) is 55.4 Å². The molecule has 2 atom stereocenters. The largest absolute Gasteiger partial charge is 0.480 e. The molecule has 3 aromatic carbocycles. The van der Waals surface area contributed by atoms with E-state index in [0.717, 1.165) is 0 Å². The van der Waals surface area contributed by atoms with Crippen molar-refractivity contribution >= 4 is 34.8 Å². The number of nitrogens with zero attached hydrogens (tertiary/aromatic N) is 4. The van der Waals surface area contributed by atoms with Crippen LogP contribution in [-0.2, 0) is 16.1 Å². The van der Waals surface area contributed by atoms with Gasteiger partial charge in [-0.05, 0) is 35.7 Å². The number of carboxylic acids is 1. The molecule has 0 aliphatic carbocycles. The number of carbonyl (C=O) groups excluding carboxylic acids is 2. The molecule has 5 aromatic rings. The molecule has 0 radical (unpaired) electrons. The number of carbonyl (C=O) groups is 3. The molecule has 1 aliphatic rings. The zero-order chi connectivity index (χ0) is 33.2. The van der Waals surface area contributed by atoms with Crippen LogP contribution >= 0.6 is 0 Å². The molecule has 11 nitrogen and oxygen atoms in total. The predicted molar refractivity (Wildman–Crippen MR) is 170 cm³/mol. The smallest absolute Gasteiger partial charge is 0.320 e. The summed E-state index contributed by atoms with van der Waals surface area (Å²) in [7, 11) is 0. The summed E-state index contributed by atoms with van der Waals surface area (Å²) in [5, 5.41) is 22.0. The Bertz CT molecular complexity index is 2050. The van der Waals surface area contributed by atoms with Crippen LogP contribution in [0.25, 0.3) is 16.9 Å².